The minimum Gasteiger partial charge on any atom is -0.453 e. The first-order valence-electron chi connectivity index (χ1n) is 9.28. The molecule has 1 aliphatic carbocycles. The largest absolute Gasteiger partial charge is 0.453 e. The van der Waals surface area contributed by atoms with E-state index in [0.29, 0.717) is 0 Å². The first-order chi connectivity index (χ1) is 13.3. The Balaban J connectivity index is 1.44. The minimum atomic E-state index is 0.726. The Kier molecular flexibility index (Phi) is 4.21. The Bertz CT molecular complexity index is 1090. The van der Waals surface area contributed by atoms with Gasteiger partial charge in [0, 0.05) is 10.0 Å². The van der Waals surface area contributed by atoms with Crippen molar-refractivity contribution in [2.24, 2.45) is 0 Å². The van der Waals surface area contributed by atoms with Gasteiger partial charge in [-0.3, -0.25) is 0 Å². The maximum atomic E-state index is 6.05. The average Bonchev–Trinajstić information content (AvgIpc) is 3.30. The molecule has 1 saturated carbocycles. The molecular weight excluding hydrogens is 400 g/mol. The van der Waals surface area contributed by atoms with Gasteiger partial charge in [0.2, 0.25) is 0 Å². The molecule has 27 heavy (non-hydrogen) atoms. The zero-order valence-corrected chi connectivity index (χ0v) is 16.4. The van der Waals surface area contributed by atoms with Crippen LogP contribution in [-0.4, -0.2) is 9.97 Å². The maximum absolute atomic E-state index is 6.05. The summed E-state index contributed by atoms with van der Waals surface area (Å²) in [7, 11) is 0. The van der Waals surface area contributed by atoms with Crippen LogP contribution in [0.3, 0.4) is 0 Å². The van der Waals surface area contributed by atoms with Crippen molar-refractivity contribution in [3.8, 4) is 34.2 Å². The summed E-state index contributed by atoms with van der Waals surface area (Å²) in [5.41, 5.74) is 4.66. The average molecular weight is 419 g/mol. The first-order valence-corrected chi connectivity index (χ1v) is 10.1. The number of furan rings is 1. The second-order valence-corrected chi connectivity index (χ2v) is 7.90. The molecule has 0 radical (unpaired) electrons. The van der Waals surface area contributed by atoms with Crippen molar-refractivity contribution in [2.45, 2.75) is 25.2 Å². The van der Waals surface area contributed by atoms with Crippen LogP contribution in [0.15, 0.2) is 75.8 Å². The molecule has 4 aromatic rings. The fourth-order valence-electron chi connectivity index (χ4n) is 3.57. The highest BCUT2D eigenvalue weighted by Gasteiger charge is 2.20. The fourth-order valence-corrected chi connectivity index (χ4v) is 4.05. The number of hydrogen-bond donors (Lipinski definition) is 1. The van der Waals surface area contributed by atoms with Crippen LogP contribution >= 0.6 is 15.9 Å². The monoisotopic (exact) mass is 418 g/mol. The van der Waals surface area contributed by atoms with Gasteiger partial charge in [-0.25, -0.2) is 4.98 Å². The fraction of sp³-hybridized carbons (Fsp3) is 0.174. The molecular formula is C23H19BrN2O. The molecule has 1 aliphatic rings. The number of H-pyrrole nitrogens is 1. The van der Waals surface area contributed by atoms with Gasteiger partial charge in [-0.1, -0.05) is 58.7 Å². The summed E-state index contributed by atoms with van der Waals surface area (Å²) < 4.78 is 7.06. The summed E-state index contributed by atoms with van der Waals surface area (Å²) >= 11 is 3.58. The predicted octanol–water partition coefficient (Wildman–Crippen LogP) is 7.03. The van der Waals surface area contributed by atoms with E-state index >= 15 is 0 Å². The summed E-state index contributed by atoms with van der Waals surface area (Å²) in [6.45, 7) is 0. The summed E-state index contributed by atoms with van der Waals surface area (Å²) in [6.07, 6.45) is 5.85. The van der Waals surface area contributed by atoms with Crippen molar-refractivity contribution < 1.29 is 4.42 Å². The molecule has 3 nitrogen and oxygen atoms in total. The van der Waals surface area contributed by atoms with Crippen LogP contribution < -0.4 is 0 Å². The molecule has 0 bridgehead atoms. The smallest absolute Gasteiger partial charge is 0.174 e. The van der Waals surface area contributed by atoms with E-state index in [1.807, 2.05) is 42.6 Å². The zero-order valence-electron chi connectivity index (χ0n) is 14.8. The van der Waals surface area contributed by atoms with Gasteiger partial charge >= 0.3 is 0 Å². The van der Waals surface area contributed by atoms with Crippen LogP contribution in [0.5, 0.6) is 0 Å². The normalized spacial score (nSPS) is 14.3. The molecule has 0 amide bonds. The molecule has 4 heteroatoms. The molecule has 0 atom stereocenters. The number of nitrogens with zero attached hydrogens (tertiary/aromatic N) is 1. The van der Waals surface area contributed by atoms with Crippen molar-refractivity contribution in [3.05, 3.63) is 76.9 Å². The lowest BCUT2D eigenvalue weighted by molar-refractivity contribution is 0.420. The van der Waals surface area contributed by atoms with E-state index < -0.39 is 0 Å². The predicted molar refractivity (Wildman–Crippen MR) is 111 cm³/mol. The number of aromatic amines is 1. The quantitative estimate of drug-likeness (QED) is 0.386. The summed E-state index contributed by atoms with van der Waals surface area (Å²) in [6, 6.07) is 20.8. The number of nitrogens with one attached hydrogen (secondary N) is 1. The summed E-state index contributed by atoms with van der Waals surface area (Å²) in [5, 5.41) is 0. The molecule has 1 fully saturated rings. The Morgan fingerprint density at radius 2 is 1.81 bits per heavy atom. The molecule has 2 aromatic heterocycles. The molecule has 2 aromatic carbocycles. The Morgan fingerprint density at radius 1 is 0.963 bits per heavy atom. The summed E-state index contributed by atoms with van der Waals surface area (Å²) in [5.74, 6) is 3.03. The summed E-state index contributed by atoms with van der Waals surface area (Å²) in [4.78, 5) is 7.95. The standard InChI is InChI=1S/C23H19BrN2O/c24-19-10-2-1-9-18(19)21-11-12-22(27-21)23-25-14-20(26-23)17-8-4-7-16(13-17)15-5-3-6-15/h1-2,4,7-15H,3,5-6H2,(H,25,26). The van der Waals surface area contributed by atoms with E-state index in [4.69, 9.17) is 4.42 Å². The number of imidazole rings is 1. The lowest BCUT2D eigenvalue weighted by Gasteiger charge is -2.26. The van der Waals surface area contributed by atoms with E-state index in [2.05, 4.69) is 50.2 Å². The molecule has 5 rings (SSSR count). The van der Waals surface area contributed by atoms with E-state index in [1.165, 1.54) is 30.4 Å². The van der Waals surface area contributed by atoms with Crippen LogP contribution in [-0.2, 0) is 0 Å². The second kappa shape index (κ2) is 6.86. The second-order valence-electron chi connectivity index (χ2n) is 7.04. The van der Waals surface area contributed by atoms with Crippen molar-refractivity contribution in [1.82, 2.24) is 9.97 Å². The highest BCUT2D eigenvalue weighted by atomic mass is 79.9. The topological polar surface area (TPSA) is 41.8 Å². The highest BCUT2D eigenvalue weighted by Crippen LogP contribution is 2.38. The zero-order chi connectivity index (χ0) is 18.2. The third-order valence-corrected chi connectivity index (χ3v) is 6.02. The number of benzene rings is 2. The van der Waals surface area contributed by atoms with Crippen molar-refractivity contribution in [2.75, 3.05) is 0 Å². The van der Waals surface area contributed by atoms with Crippen LogP contribution in [0, 0.1) is 0 Å². The molecule has 134 valence electrons. The van der Waals surface area contributed by atoms with Gasteiger partial charge in [-0.15, -0.1) is 0 Å². The van der Waals surface area contributed by atoms with Gasteiger partial charge in [-0.05, 0) is 54.2 Å². The van der Waals surface area contributed by atoms with E-state index in [1.54, 1.807) is 0 Å². The van der Waals surface area contributed by atoms with Crippen molar-refractivity contribution in [1.29, 1.82) is 0 Å². The van der Waals surface area contributed by atoms with Crippen LogP contribution in [0.25, 0.3) is 34.2 Å². The SMILES string of the molecule is Brc1ccccc1-c1ccc(-c2ncc(-c3cccc(C4CCC4)c3)[nH]2)o1. The molecule has 1 N–H and O–H groups in total. The minimum absolute atomic E-state index is 0.726. The first kappa shape index (κ1) is 16.6. The lowest BCUT2D eigenvalue weighted by atomic mass is 9.79. The maximum Gasteiger partial charge on any atom is 0.174 e. The van der Waals surface area contributed by atoms with E-state index in [0.717, 1.165) is 39.0 Å². The number of hydrogen-bond acceptors (Lipinski definition) is 2. The van der Waals surface area contributed by atoms with Crippen LogP contribution in [0.2, 0.25) is 0 Å². The number of halogens is 1. The van der Waals surface area contributed by atoms with Crippen molar-refractivity contribution >= 4 is 15.9 Å². The third kappa shape index (κ3) is 3.15. The highest BCUT2D eigenvalue weighted by molar-refractivity contribution is 9.10. The van der Waals surface area contributed by atoms with E-state index in [-0.39, 0.29) is 0 Å². The lowest BCUT2D eigenvalue weighted by Crippen LogP contribution is -2.08. The van der Waals surface area contributed by atoms with Crippen LogP contribution in [0.4, 0.5) is 0 Å². The third-order valence-electron chi connectivity index (χ3n) is 5.33. The number of aromatic nitrogens is 2. The number of rotatable bonds is 4. The van der Waals surface area contributed by atoms with Gasteiger partial charge in [-0.2, -0.15) is 0 Å². The van der Waals surface area contributed by atoms with Crippen LogP contribution in [0.1, 0.15) is 30.7 Å². The molecule has 0 aliphatic heterocycles. The van der Waals surface area contributed by atoms with Gasteiger partial charge in [0.1, 0.15) is 5.76 Å². The van der Waals surface area contributed by atoms with Crippen molar-refractivity contribution in [3.63, 3.8) is 0 Å². The Hall–Kier alpha value is -2.59. The Morgan fingerprint density at radius 3 is 2.63 bits per heavy atom. The molecule has 2 heterocycles. The van der Waals surface area contributed by atoms with E-state index in [9.17, 15) is 0 Å². The van der Waals surface area contributed by atoms with Gasteiger partial charge in [0.15, 0.2) is 11.6 Å². The molecule has 0 saturated heterocycles. The van der Waals surface area contributed by atoms with Gasteiger partial charge in [0.05, 0.1) is 11.9 Å². The van der Waals surface area contributed by atoms with Gasteiger partial charge in [0.25, 0.3) is 0 Å². The Labute approximate surface area is 166 Å². The molecule has 0 unspecified atom stereocenters. The molecule has 0 spiro atoms. The van der Waals surface area contributed by atoms with Gasteiger partial charge < -0.3 is 9.40 Å².